The fourth-order valence-electron chi connectivity index (χ4n) is 2.80. The zero-order chi connectivity index (χ0) is 16.1. The summed E-state index contributed by atoms with van der Waals surface area (Å²) in [6.07, 6.45) is 8.81. The molecule has 1 amide bonds. The maximum absolute atomic E-state index is 12.4. The van der Waals surface area contributed by atoms with E-state index in [9.17, 15) is 4.79 Å². The summed E-state index contributed by atoms with van der Waals surface area (Å²) in [6.45, 7) is 4.24. The van der Waals surface area contributed by atoms with E-state index in [1.54, 1.807) is 24.7 Å². The van der Waals surface area contributed by atoms with E-state index in [0.717, 1.165) is 37.2 Å². The summed E-state index contributed by atoms with van der Waals surface area (Å²) in [5.41, 5.74) is 1.71. The fraction of sp³-hybridized carbons (Fsp3) is 0.389. The van der Waals surface area contributed by atoms with E-state index in [0.29, 0.717) is 18.1 Å². The Morgan fingerprint density at radius 1 is 1.22 bits per heavy atom. The minimum atomic E-state index is 0.0717. The predicted molar refractivity (Wildman–Crippen MR) is 87.3 cm³/mol. The number of rotatable bonds is 4. The molecule has 0 aliphatic carbocycles. The number of ether oxygens (including phenoxy) is 1. The van der Waals surface area contributed by atoms with Crippen LogP contribution in [0.5, 0.6) is 5.75 Å². The van der Waals surface area contributed by atoms with Crippen molar-refractivity contribution in [3.63, 3.8) is 0 Å². The van der Waals surface area contributed by atoms with Gasteiger partial charge in [-0.15, -0.1) is 0 Å². The molecule has 0 atom stereocenters. The van der Waals surface area contributed by atoms with Crippen LogP contribution in [0.4, 0.5) is 0 Å². The zero-order valence-corrected chi connectivity index (χ0v) is 13.3. The number of aromatic nitrogens is 2. The Morgan fingerprint density at radius 3 is 2.70 bits per heavy atom. The lowest BCUT2D eigenvalue weighted by atomic mass is 9.97. The minimum Gasteiger partial charge on any atom is -0.493 e. The second-order valence-corrected chi connectivity index (χ2v) is 5.93. The molecule has 1 saturated heterocycles. The summed E-state index contributed by atoms with van der Waals surface area (Å²) in [5, 5.41) is 0. The van der Waals surface area contributed by atoms with Gasteiger partial charge in [0.1, 0.15) is 5.75 Å². The summed E-state index contributed by atoms with van der Waals surface area (Å²) < 4.78 is 5.90. The summed E-state index contributed by atoms with van der Waals surface area (Å²) in [5.74, 6) is 1.46. The molecule has 2 aromatic rings. The molecule has 3 heterocycles. The highest BCUT2D eigenvalue weighted by molar-refractivity contribution is 5.93. The molecule has 0 saturated carbocycles. The third kappa shape index (κ3) is 3.86. The van der Waals surface area contributed by atoms with Crippen molar-refractivity contribution in [1.29, 1.82) is 0 Å². The molecule has 0 aromatic carbocycles. The number of nitrogens with zero attached hydrogens (tertiary/aromatic N) is 3. The van der Waals surface area contributed by atoms with Gasteiger partial charge in [-0.25, -0.2) is 0 Å². The van der Waals surface area contributed by atoms with Gasteiger partial charge in [-0.2, -0.15) is 0 Å². The zero-order valence-electron chi connectivity index (χ0n) is 13.3. The number of likely N-dealkylation sites (tertiary alicyclic amines) is 1. The van der Waals surface area contributed by atoms with E-state index in [4.69, 9.17) is 4.74 Å². The first-order valence-corrected chi connectivity index (χ1v) is 7.97. The quantitative estimate of drug-likeness (QED) is 0.871. The molecular formula is C18H21N3O2. The van der Waals surface area contributed by atoms with Crippen molar-refractivity contribution in [1.82, 2.24) is 14.9 Å². The van der Waals surface area contributed by atoms with Gasteiger partial charge in [-0.1, -0.05) is 0 Å². The summed E-state index contributed by atoms with van der Waals surface area (Å²) in [6, 6.07) is 5.51. The lowest BCUT2D eigenvalue weighted by molar-refractivity contribution is 0.0660. The third-order valence-electron chi connectivity index (χ3n) is 4.25. The lowest BCUT2D eigenvalue weighted by Crippen LogP contribution is -2.39. The minimum absolute atomic E-state index is 0.0717. The summed E-state index contributed by atoms with van der Waals surface area (Å²) in [7, 11) is 0. The van der Waals surface area contributed by atoms with Gasteiger partial charge < -0.3 is 9.64 Å². The molecule has 1 aliphatic rings. The first kappa shape index (κ1) is 15.5. The van der Waals surface area contributed by atoms with Crippen LogP contribution in [0.2, 0.25) is 0 Å². The fourth-order valence-corrected chi connectivity index (χ4v) is 2.80. The van der Waals surface area contributed by atoms with Crippen molar-refractivity contribution in [2.75, 3.05) is 19.7 Å². The average Bonchev–Trinajstić information content (AvgIpc) is 2.62. The highest BCUT2D eigenvalue weighted by Gasteiger charge is 2.24. The van der Waals surface area contributed by atoms with Gasteiger partial charge in [0.05, 0.1) is 12.2 Å². The van der Waals surface area contributed by atoms with Crippen LogP contribution < -0.4 is 4.74 Å². The smallest absolute Gasteiger partial charge is 0.255 e. The van der Waals surface area contributed by atoms with E-state index >= 15 is 0 Å². The topological polar surface area (TPSA) is 55.3 Å². The van der Waals surface area contributed by atoms with Crippen LogP contribution in [-0.2, 0) is 0 Å². The SMILES string of the molecule is Cc1cnccc1OCC1CCN(C(=O)c2cccnc2)CC1. The van der Waals surface area contributed by atoms with Crippen molar-refractivity contribution < 1.29 is 9.53 Å². The van der Waals surface area contributed by atoms with Gasteiger partial charge in [0, 0.05) is 43.4 Å². The number of carbonyl (C=O) groups excluding carboxylic acids is 1. The standard InChI is InChI=1S/C18H21N3O2/c1-14-11-20-8-4-17(14)23-13-15-5-9-21(10-6-15)18(22)16-3-2-7-19-12-16/h2-4,7-8,11-12,15H,5-6,9-10,13H2,1H3. The second kappa shape index (κ2) is 7.22. The van der Waals surface area contributed by atoms with Crippen LogP contribution in [0, 0.1) is 12.8 Å². The van der Waals surface area contributed by atoms with Gasteiger partial charge in [0.25, 0.3) is 5.91 Å². The van der Waals surface area contributed by atoms with Gasteiger partial charge in [-0.05, 0) is 43.9 Å². The number of piperidine rings is 1. The molecule has 0 unspecified atom stereocenters. The van der Waals surface area contributed by atoms with Crippen LogP contribution in [0.1, 0.15) is 28.8 Å². The molecule has 1 fully saturated rings. The Balaban J connectivity index is 1.49. The third-order valence-corrected chi connectivity index (χ3v) is 4.25. The monoisotopic (exact) mass is 311 g/mol. The van der Waals surface area contributed by atoms with Crippen LogP contribution in [-0.4, -0.2) is 40.5 Å². The number of pyridine rings is 2. The maximum Gasteiger partial charge on any atom is 0.255 e. The van der Waals surface area contributed by atoms with Crippen LogP contribution in [0.15, 0.2) is 43.0 Å². The summed E-state index contributed by atoms with van der Waals surface area (Å²) in [4.78, 5) is 22.4. The Bertz CT molecular complexity index is 652. The molecule has 3 rings (SSSR count). The van der Waals surface area contributed by atoms with Gasteiger partial charge in [0.15, 0.2) is 0 Å². The molecule has 0 radical (unpaired) electrons. The Morgan fingerprint density at radius 2 is 2.00 bits per heavy atom. The normalized spacial score (nSPS) is 15.4. The maximum atomic E-state index is 12.4. The van der Waals surface area contributed by atoms with E-state index < -0.39 is 0 Å². The first-order chi connectivity index (χ1) is 11.2. The molecule has 120 valence electrons. The molecule has 2 aromatic heterocycles. The molecular weight excluding hydrogens is 290 g/mol. The molecule has 5 heteroatoms. The van der Waals surface area contributed by atoms with Crippen molar-refractivity contribution in [2.24, 2.45) is 5.92 Å². The van der Waals surface area contributed by atoms with Gasteiger partial charge in [0.2, 0.25) is 0 Å². The van der Waals surface area contributed by atoms with Gasteiger partial charge in [-0.3, -0.25) is 14.8 Å². The largest absolute Gasteiger partial charge is 0.493 e. The van der Waals surface area contributed by atoms with Gasteiger partial charge >= 0.3 is 0 Å². The molecule has 0 spiro atoms. The van der Waals surface area contributed by atoms with E-state index in [2.05, 4.69) is 9.97 Å². The van der Waals surface area contributed by atoms with Crippen LogP contribution in [0.3, 0.4) is 0 Å². The van der Waals surface area contributed by atoms with Crippen molar-refractivity contribution in [3.05, 3.63) is 54.1 Å². The van der Waals surface area contributed by atoms with E-state index in [1.807, 2.05) is 30.2 Å². The number of aryl methyl sites for hydroxylation is 1. The first-order valence-electron chi connectivity index (χ1n) is 7.97. The Hall–Kier alpha value is -2.43. The van der Waals surface area contributed by atoms with E-state index in [-0.39, 0.29) is 5.91 Å². The highest BCUT2D eigenvalue weighted by atomic mass is 16.5. The molecule has 1 aliphatic heterocycles. The van der Waals surface area contributed by atoms with Crippen LogP contribution >= 0.6 is 0 Å². The van der Waals surface area contributed by atoms with Crippen molar-refractivity contribution in [3.8, 4) is 5.75 Å². The Kier molecular flexibility index (Phi) is 4.86. The lowest BCUT2D eigenvalue weighted by Gasteiger charge is -2.32. The van der Waals surface area contributed by atoms with Crippen molar-refractivity contribution in [2.45, 2.75) is 19.8 Å². The molecule has 0 bridgehead atoms. The molecule has 23 heavy (non-hydrogen) atoms. The predicted octanol–water partition coefficient (Wildman–Crippen LogP) is 2.72. The number of carbonyl (C=O) groups is 1. The number of hydrogen-bond acceptors (Lipinski definition) is 4. The average molecular weight is 311 g/mol. The number of amides is 1. The molecule has 0 N–H and O–H groups in total. The van der Waals surface area contributed by atoms with E-state index in [1.165, 1.54) is 0 Å². The van der Waals surface area contributed by atoms with Crippen LogP contribution in [0.25, 0.3) is 0 Å². The molecule has 5 nitrogen and oxygen atoms in total. The second-order valence-electron chi connectivity index (χ2n) is 5.93. The Labute approximate surface area is 136 Å². The number of hydrogen-bond donors (Lipinski definition) is 0. The highest BCUT2D eigenvalue weighted by Crippen LogP contribution is 2.22. The summed E-state index contributed by atoms with van der Waals surface area (Å²) >= 11 is 0. The van der Waals surface area contributed by atoms with Crippen molar-refractivity contribution >= 4 is 5.91 Å².